The van der Waals surface area contributed by atoms with Crippen LogP contribution in [0.1, 0.15) is 23.2 Å². The molecule has 0 atom stereocenters. The second-order valence-corrected chi connectivity index (χ2v) is 3.82. The summed E-state index contributed by atoms with van der Waals surface area (Å²) in [5.41, 5.74) is 0.718. The van der Waals surface area contributed by atoms with Crippen LogP contribution in [0.4, 0.5) is 0 Å². The van der Waals surface area contributed by atoms with Crippen LogP contribution < -0.4 is 0 Å². The van der Waals surface area contributed by atoms with Gasteiger partial charge in [0.2, 0.25) is 0 Å². The third-order valence-corrected chi connectivity index (χ3v) is 2.04. The SMILES string of the molecule is O=C(CCC(=S)Cl)c1ccccc1. The zero-order valence-corrected chi connectivity index (χ0v) is 8.57. The Labute approximate surface area is 87.7 Å². The van der Waals surface area contributed by atoms with E-state index in [1.54, 1.807) is 12.1 Å². The van der Waals surface area contributed by atoms with Gasteiger partial charge in [-0.2, -0.15) is 0 Å². The van der Waals surface area contributed by atoms with Gasteiger partial charge < -0.3 is 0 Å². The quantitative estimate of drug-likeness (QED) is 0.433. The van der Waals surface area contributed by atoms with Gasteiger partial charge in [-0.3, -0.25) is 4.79 Å². The minimum atomic E-state index is 0.0867. The van der Waals surface area contributed by atoms with Gasteiger partial charge in [-0.15, -0.1) is 0 Å². The molecule has 0 unspecified atom stereocenters. The zero-order valence-electron chi connectivity index (χ0n) is 7.00. The van der Waals surface area contributed by atoms with Crippen molar-refractivity contribution in [3.8, 4) is 0 Å². The summed E-state index contributed by atoms with van der Waals surface area (Å²) in [6, 6.07) is 9.14. The number of carbonyl (C=O) groups is 1. The van der Waals surface area contributed by atoms with Crippen molar-refractivity contribution in [2.75, 3.05) is 0 Å². The van der Waals surface area contributed by atoms with Gasteiger partial charge in [-0.1, -0.05) is 54.2 Å². The van der Waals surface area contributed by atoms with Crippen LogP contribution in [0.2, 0.25) is 0 Å². The first kappa shape index (κ1) is 10.4. The summed E-state index contributed by atoms with van der Waals surface area (Å²) in [6.07, 6.45) is 0.872. The number of benzene rings is 1. The fourth-order valence-electron chi connectivity index (χ4n) is 0.980. The summed E-state index contributed by atoms with van der Waals surface area (Å²) in [7, 11) is 0. The summed E-state index contributed by atoms with van der Waals surface area (Å²) in [5.74, 6) is 0.0867. The molecule has 1 nitrogen and oxygen atoms in total. The van der Waals surface area contributed by atoms with Gasteiger partial charge >= 0.3 is 0 Å². The first-order valence-electron chi connectivity index (χ1n) is 3.97. The zero-order chi connectivity index (χ0) is 9.68. The number of hydrogen-bond donors (Lipinski definition) is 0. The first-order chi connectivity index (χ1) is 6.20. The lowest BCUT2D eigenvalue weighted by Crippen LogP contribution is -1.99. The van der Waals surface area contributed by atoms with E-state index >= 15 is 0 Å². The molecule has 0 aliphatic carbocycles. The van der Waals surface area contributed by atoms with Gasteiger partial charge in [0.25, 0.3) is 0 Å². The summed E-state index contributed by atoms with van der Waals surface area (Å²) in [5, 5.41) is 0. The van der Waals surface area contributed by atoms with E-state index in [-0.39, 0.29) is 5.78 Å². The Morgan fingerprint density at radius 3 is 2.38 bits per heavy atom. The highest BCUT2D eigenvalue weighted by molar-refractivity contribution is 7.83. The fraction of sp³-hybridized carbons (Fsp3) is 0.200. The van der Waals surface area contributed by atoms with E-state index in [9.17, 15) is 4.79 Å². The van der Waals surface area contributed by atoms with Crippen molar-refractivity contribution in [3.63, 3.8) is 0 Å². The molecule has 3 heteroatoms. The second kappa shape index (κ2) is 5.10. The predicted octanol–water partition coefficient (Wildman–Crippen LogP) is 3.22. The molecule has 1 aromatic rings. The molecule has 0 heterocycles. The average Bonchev–Trinajstić information content (AvgIpc) is 2.15. The molecule has 0 N–H and O–H groups in total. The second-order valence-electron chi connectivity index (χ2n) is 2.64. The highest BCUT2D eigenvalue weighted by Crippen LogP contribution is 2.06. The topological polar surface area (TPSA) is 17.1 Å². The molecule has 1 rings (SSSR count). The number of halogens is 1. The van der Waals surface area contributed by atoms with Crippen molar-refractivity contribution in [1.29, 1.82) is 0 Å². The Hall–Kier alpha value is -0.730. The Balaban J connectivity index is 2.54. The van der Waals surface area contributed by atoms with Crippen LogP contribution in [0, 0.1) is 0 Å². The van der Waals surface area contributed by atoms with Crippen LogP contribution in [-0.4, -0.2) is 10.1 Å². The van der Waals surface area contributed by atoms with Crippen LogP contribution in [0.5, 0.6) is 0 Å². The maximum atomic E-state index is 11.4. The monoisotopic (exact) mass is 212 g/mol. The molecule has 1 aromatic carbocycles. The lowest BCUT2D eigenvalue weighted by Gasteiger charge is -1.98. The van der Waals surface area contributed by atoms with Crippen LogP contribution in [-0.2, 0) is 0 Å². The molecule has 0 saturated heterocycles. The van der Waals surface area contributed by atoms with E-state index in [1.165, 1.54) is 0 Å². The van der Waals surface area contributed by atoms with E-state index < -0.39 is 0 Å². The Kier molecular flexibility index (Phi) is 4.06. The van der Waals surface area contributed by atoms with Gasteiger partial charge in [0, 0.05) is 18.4 Å². The number of rotatable bonds is 4. The minimum Gasteiger partial charge on any atom is -0.294 e. The van der Waals surface area contributed by atoms with Crippen molar-refractivity contribution < 1.29 is 4.79 Å². The fourth-order valence-corrected chi connectivity index (χ4v) is 1.18. The summed E-state index contributed by atoms with van der Waals surface area (Å²) in [4.78, 5) is 11.4. The predicted molar refractivity (Wildman–Crippen MR) is 58.5 cm³/mol. The molecule has 0 fully saturated rings. The summed E-state index contributed by atoms with van der Waals surface area (Å²) < 4.78 is 0.365. The highest BCUT2D eigenvalue weighted by atomic mass is 35.5. The smallest absolute Gasteiger partial charge is 0.163 e. The highest BCUT2D eigenvalue weighted by Gasteiger charge is 2.04. The molecule has 0 bridgehead atoms. The lowest BCUT2D eigenvalue weighted by atomic mass is 10.1. The number of carbonyl (C=O) groups excluding carboxylic acids is 1. The average molecular weight is 213 g/mol. The van der Waals surface area contributed by atoms with Crippen LogP contribution in [0.3, 0.4) is 0 Å². The normalized spacial score (nSPS) is 9.62. The Morgan fingerprint density at radius 1 is 1.23 bits per heavy atom. The summed E-state index contributed by atoms with van der Waals surface area (Å²) in [6.45, 7) is 0. The number of Topliss-reactive ketones (excluding diaryl/α,β-unsaturated/α-hetero) is 1. The molecular weight excluding hydrogens is 204 g/mol. The number of hydrogen-bond acceptors (Lipinski definition) is 2. The van der Waals surface area contributed by atoms with E-state index in [0.717, 1.165) is 5.56 Å². The standard InChI is InChI=1S/C10H9ClOS/c11-10(13)7-6-9(12)8-4-2-1-3-5-8/h1-5H,6-7H2. The van der Waals surface area contributed by atoms with E-state index in [2.05, 4.69) is 12.2 Å². The third-order valence-electron chi connectivity index (χ3n) is 1.64. The van der Waals surface area contributed by atoms with E-state index in [1.807, 2.05) is 18.2 Å². The number of ketones is 1. The Bertz CT molecular complexity index is 308. The van der Waals surface area contributed by atoms with Gasteiger partial charge in [-0.25, -0.2) is 0 Å². The van der Waals surface area contributed by atoms with E-state index in [0.29, 0.717) is 17.2 Å². The molecule has 0 aliphatic rings. The maximum absolute atomic E-state index is 11.4. The Morgan fingerprint density at radius 2 is 1.85 bits per heavy atom. The van der Waals surface area contributed by atoms with Crippen molar-refractivity contribution in [1.82, 2.24) is 0 Å². The van der Waals surface area contributed by atoms with Gasteiger partial charge in [0.05, 0.1) is 4.32 Å². The molecule has 0 radical (unpaired) electrons. The molecule has 0 aromatic heterocycles. The van der Waals surface area contributed by atoms with Gasteiger partial charge in [0.15, 0.2) is 5.78 Å². The molecular formula is C10H9ClOS. The molecule has 0 spiro atoms. The van der Waals surface area contributed by atoms with Crippen molar-refractivity contribution in [2.45, 2.75) is 12.8 Å². The van der Waals surface area contributed by atoms with Crippen molar-refractivity contribution >= 4 is 33.9 Å². The molecule has 0 aliphatic heterocycles. The largest absolute Gasteiger partial charge is 0.294 e. The number of thiocarbonyl (C=S) groups is 1. The van der Waals surface area contributed by atoms with Crippen LogP contribution >= 0.6 is 23.8 Å². The van der Waals surface area contributed by atoms with E-state index in [4.69, 9.17) is 11.6 Å². The molecule has 0 amide bonds. The molecule has 13 heavy (non-hydrogen) atoms. The van der Waals surface area contributed by atoms with Crippen molar-refractivity contribution in [2.24, 2.45) is 0 Å². The minimum absolute atomic E-state index is 0.0867. The van der Waals surface area contributed by atoms with Gasteiger partial charge in [-0.05, 0) is 0 Å². The van der Waals surface area contributed by atoms with Crippen LogP contribution in [0.15, 0.2) is 30.3 Å². The lowest BCUT2D eigenvalue weighted by molar-refractivity contribution is 0.0985. The first-order valence-corrected chi connectivity index (χ1v) is 4.75. The summed E-state index contributed by atoms with van der Waals surface area (Å²) >= 11 is 10.2. The van der Waals surface area contributed by atoms with Gasteiger partial charge in [0.1, 0.15) is 0 Å². The molecule has 68 valence electrons. The van der Waals surface area contributed by atoms with Crippen LogP contribution in [0.25, 0.3) is 0 Å². The molecule has 0 saturated carbocycles. The third kappa shape index (κ3) is 3.66. The maximum Gasteiger partial charge on any atom is 0.163 e. The van der Waals surface area contributed by atoms with Crippen molar-refractivity contribution in [3.05, 3.63) is 35.9 Å².